The van der Waals surface area contributed by atoms with Crippen molar-refractivity contribution in [3.8, 4) is 0 Å². The van der Waals surface area contributed by atoms with E-state index in [1.165, 1.54) is 7.11 Å². The maximum absolute atomic E-state index is 11.2. The molecule has 3 nitrogen and oxygen atoms in total. The highest BCUT2D eigenvalue weighted by Gasteiger charge is 2.01. The van der Waals surface area contributed by atoms with Crippen molar-refractivity contribution in [1.82, 2.24) is 0 Å². The summed E-state index contributed by atoms with van der Waals surface area (Å²) in [6, 6.07) is 8.96. The largest absolute Gasteiger partial charge is 0.357 e. The lowest BCUT2D eigenvalue weighted by Gasteiger charge is -2.00. The normalized spacial score (nSPS) is 12.8. The SMILES string of the molecule is COCOS(=O)c1ccccc1. The molecule has 1 rings (SSSR count). The summed E-state index contributed by atoms with van der Waals surface area (Å²) >= 11 is -1.41. The van der Waals surface area contributed by atoms with Gasteiger partial charge in [0.1, 0.15) is 0 Å². The van der Waals surface area contributed by atoms with Gasteiger partial charge in [-0.05, 0) is 12.1 Å². The molecule has 1 aromatic carbocycles. The van der Waals surface area contributed by atoms with Crippen molar-refractivity contribution in [2.24, 2.45) is 0 Å². The molecule has 0 spiro atoms. The van der Waals surface area contributed by atoms with Gasteiger partial charge in [-0.2, -0.15) is 0 Å². The van der Waals surface area contributed by atoms with E-state index in [-0.39, 0.29) is 6.79 Å². The van der Waals surface area contributed by atoms with Crippen LogP contribution in [0.25, 0.3) is 0 Å². The van der Waals surface area contributed by atoms with Crippen molar-refractivity contribution in [3.63, 3.8) is 0 Å². The maximum atomic E-state index is 11.2. The van der Waals surface area contributed by atoms with Crippen molar-refractivity contribution >= 4 is 11.1 Å². The Morgan fingerprint density at radius 1 is 1.33 bits per heavy atom. The van der Waals surface area contributed by atoms with Gasteiger partial charge in [-0.15, -0.1) is 0 Å². The predicted octanol–water partition coefficient (Wildman–Crippen LogP) is 1.33. The third kappa shape index (κ3) is 2.73. The summed E-state index contributed by atoms with van der Waals surface area (Å²) in [6.07, 6.45) is 0. The van der Waals surface area contributed by atoms with Gasteiger partial charge in [-0.3, -0.25) is 4.18 Å². The molecule has 1 aromatic rings. The lowest BCUT2D eigenvalue weighted by atomic mass is 10.4. The van der Waals surface area contributed by atoms with E-state index in [2.05, 4.69) is 4.74 Å². The second-order valence-corrected chi connectivity index (χ2v) is 3.25. The molecule has 0 fully saturated rings. The predicted molar refractivity (Wildman–Crippen MR) is 45.8 cm³/mol. The Morgan fingerprint density at radius 2 is 2.00 bits per heavy atom. The molecule has 4 heteroatoms. The number of methoxy groups -OCH3 is 1. The third-order valence-electron chi connectivity index (χ3n) is 1.21. The lowest BCUT2D eigenvalue weighted by Crippen LogP contribution is -2.00. The molecule has 0 saturated carbocycles. The summed E-state index contributed by atoms with van der Waals surface area (Å²) < 4.78 is 20.7. The Morgan fingerprint density at radius 3 is 2.58 bits per heavy atom. The highest BCUT2D eigenvalue weighted by molar-refractivity contribution is 7.80. The molecule has 1 unspecified atom stereocenters. The number of ether oxygens (including phenoxy) is 1. The summed E-state index contributed by atoms with van der Waals surface area (Å²) in [5.74, 6) is 0. The van der Waals surface area contributed by atoms with E-state index < -0.39 is 11.1 Å². The molecule has 0 saturated heterocycles. The highest BCUT2D eigenvalue weighted by atomic mass is 32.2. The van der Waals surface area contributed by atoms with Gasteiger partial charge in [0.15, 0.2) is 17.9 Å². The number of rotatable bonds is 4. The van der Waals surface area contributed by atoms with Crippen LogP contribution in [-0.2, 0) is 20.0 Å². The molecule has 0 aromatic heterocycles. The third-order valence-corrected chi connectivity index (χ3v) is 2.18. The Bertz CT molecular complexity index is 248. The van der Waals surface area contributed by atoms with Crippen molar-refractivity contribution in [1.29, 1.82) is 0 Å². The first-order valence-corrected chi connectivity index (χ1v) is 4.51. The van der Waals surface area contributed by atoms with E-state index in [1.807, 2.05) is 18.2 Å². The lowest BCUT2D eigenvalue weighted by molar-refractivity contribution is 0.0615. The average Bonchev–Trinajstić information content (AvgIpc) is 2.15. The molecule has 0 bridgehead atoms. The number of benzene rings is 1. The number of hydrogen-bond donors (Lipinski definition) is 0. The van der Waals surface area contributed by atoms with Gasteiger partial charge in [0.2, 0.25) is 0 Å². The Kier molecular flexibility index (Phi) is 3.93. The van der Waals surface area contributed by atoms with Crippen LogP contribution in [-0.4, -0.2) is 18.1 Å². The monoisotopic (exact) mass is 186 g/mol. The van der Waals surface area contributed by atoms with Crippen molar-refractivity contribution in [2.45, 2.75) is 4.90 Å². The van der Waals surface area contributed by atoms with Crippen molar-refractivity contribution < 1.29 is 13.1 Å². The van der Waals surface area contributed by atoms with Crippen LogP contribution >= 0.6 is 0 Å². The minimum atomic E-state index is -1.41. The van der Waals surface area contributed by atoms with Gasteiger partial charge >= 0.3 is 0 Å². The fourth-order valence-electron chi connectivity index (χ4n) is 0.691. The Hall–Kier alpha value is -0.710. The molecule has 0 aliphatic carbocycles. The fraction of sp³-hybridized carbons (Fsp3) is 0.250. The van der Waals surface area contributed by atoms with Gasteiger partial charge in [-0.1, -0.05) is 18.2 Å². The minimum absolute atomic E-state index is 0.0432. The van der Waals surface area contributed by atoms with Crippen LogP contribution in [0.4, 0.5) is 0 Å². The molecule has 66 valence electrons. The Labute approximate surface area is 74.0 Å². The first kappa shape index (κ1) is 9.38. The van der Waals surface area contributed by atoms with Gasteiger partial charge in [0, 0.05) is 7.11 Å². The van der Waals surface area contributed by atoms with E-state index >= 15 is 0 Å². The van der Waals surface area contributed by atoms with E-state index in [0.717, 1.165) is 0 Å². The molecule has 12 heavy (non-hydrogen) atoms. The smallest absolute Gasteiger partial charge is 0.191 e. The van der Waals surface area contributed by atoms with Gasteiger partial charge in [0.25, 0.3) is 0 Å². The van der Waals surface area contributed by atoms with Crippen LogP contribution in [0.15, 0.2) is 35.2 Å². The van der Waals surface area contributed by atoms with E-state index in [4.69, 9.17) is 4.18 Å². The summed E-state index contributed by atoms with van der Waals surface area (Å²) in [5.41, 5.74) is 0. The molecular formula is C8H10O3S. The van der Waals surface area contributed by atoms with Gasteiger partial charge < -0.3 is 4.74 Å². The molecule has 1 atom stereocenters. The molecule has 0 heterocycles. The zero-order valence-corrected chi connectivity index (χ0v) is 7.54. The Balaban J connectivity index is 2.54. The van der Waals surface area contributed by atoms with E-state index in [1.54, 1.807) is 12.1 Å². The molecule has 0 aliphatic rings. The molecule has 0 aliphatic heterocycles. The summed E-state index contributed by atoms with van der Waals surface area (Å²) in [5, 5.41) is 0. The van der Waals surface area contributed by atoms with Gasteiger partial charge in [-0.25, -0.2) is 4.21 Å². The topological polar surface area (TPSA) is 35.5 Å². The summed E-state index contributed by atoms with van der Waals surface area (Å²) in [4.78, 5) is 0.648. The zero-order valence-electron chi connectivity index (χ0n) is 6.73. The summed E-state index contributed by atoms with van der Waals surface area (Å²) in [6.45, 7) is 0.0432. The first-order valence-electron chi connectivity index (χ1n) is 3.43. The van der Waals surface area contributed by atoms with E-state index in [0.29, 0.717) is 4.90 Å². The fourth-order valence-corrected chi connectivity index (χ4v) is 1.39. The second-order valence-electron chi connectivity index (χ2n) is 2.07. The average molecular weight is 186 g/mol. The van der Waals surface area contributed by atoms with E-state index in [9.17, 15) is 4.21 Å². The molecule has 0 amide bonds. The van der Waals surface area contributed by atoms with Crippen LogP contribution in [0.1, 0.15) is 0 Å². The summed E-state index contributed by atoms with van der Waals surface area (Å²) in [7, 11) is 1.49. The molecule has 0 N–H and O–H groups in total. The second kappa shape index (κ2) is 5.03. The van der Waals surface area contributed by atoms with Crippen LogP contribution in [0.5, 0.6) is 0 Å². The van der Waals surface area contributed by atoms with Crippen LogP contribution in [0, 0.1) is 0 Å². The number of hydrogen-bond acceptors (Lipinski definition) is 3. The maximum Gasteiger partial charge on any atom is 0.191 e. The van der Waals surface area contributed by atoms with Crippen molar-refractivity contribution in [3.05, 3.63) is 30.3 Å². The standard InChI is InChI=1S/C8H10O3S/c1-10-7-11-12(9)8-5-3-2-4-6-8/h2-6H,7H2,1H3. The molecular weight excluding hydrogens is 176 g/mol. The van der Waals surface area contributed by atoms with Gasteiger partial charge in [0.05, 0.1) is 4.90 Å². The zero-order chi connectivity index (χ0) is 8.81. The van der Waals surface area contributed by atoms with Crippen LogP contribution < -0.4 is 0 Å². The van der Waals surface area contributed by atoms with Crippen LogP contribution in [0.3, 0.4) is 0 Å². The van der Waals surface area contributed by atoms with Crippen molar-refractivity contribution in [2.75, 3.05) is 13.9 Å². The minimum Gasteiger partial charge on any atom is -0.357 e. The van der Waals surface area contributed by atoms with Crippen LogP contribution in [0.2, 0.25) is 0 Å². The first-order chi connectivity index (χ1) is 5.84. The quantitative estimate of drug-likeness (QED) is 0.665. The highest BCUT2D eigenvalue weighted by Crippen LogP contribution is 2.05. The molecule has 0 radical (unpaired) electrons.